The number of hydrogen-bond donors (Lipinski definition) is 1. The molecule has 0 aliphatic rings. The summed E-state index contributed by atoms with van der Waals surface area (Å²) in [4.78, 5) is 6.59. The third kappa shape index (κ3) is 6.95. The quantitative estimate of drug-likeness (QED) is 0.339. The Balaban J connectivity index is 0.00000364. The van der Waals surface area contributed by atoms with Crippen molar-refractivity contribution < 1.29 is 13.2 Å². The Morgan fingerprint density at radius 2 is 1.81 bits per heavy atom. The second-order valence-corrected chi connectivity index (χ2v) is 7.81. The number of nitrogens with zero attached hydrogens (tertiary/aromatic N) is 2. The van der Waals surface area contributed by atoms with Crippen molar-refractivity contribution in [3.05, 3.63) is 53.6 Å². The fourth-order valence-corrected chi connectivity index (χ4v) is 3.34. The average molecular weight is 524 g/mol. The number of para-hydroxylation sites is 2. The fraction of sp³-hybridized carbons (Fsp3) is 0.278. The number of rotatable bonds is 7. The zero-order chi connectivity index (χ0) is 19.2. The highest BCUT2D eigenvalue weighted by Gasteiger charge is 2.13. The second-order valence-electron chi connectivity index (χ2n) is 5.60. The summed E-state index contributed by atoms with van der Waals surface area (Å²) in [7, 11) is -0.115. The summed E-state index contributed by atoms with van der Waals surface area (Å²) in [6.07, 6.45) is 0. The van der Waals surface area contributed by atoms with Crippen LogP contribution in [0.15, 0.2) is 58.4 Å². The van der Waals surface area contributed by atoms with Gasteiger partial charge in [-0.15, -0.1) is 24.0 Å². The van der Waals surface area contributed by atoms with Crippen molar-refractivity contribution >= 4 is 57.1 Å². The Bertz CT molecular complexity index is 874. The molecule has 0 amide bonds. The molecule has 0 heterocycles. The summed E-state index contributed by atoms with van der Waals surface area (Å²) in [6.45, 7) is 2.58. The van der Waals surface area contributed by atoms with Gasteiger partial charge < -0.3 is 9.64 Å². The van der Waals surface area contributed by atoms with Gasteiger partial charge in [0.15, 0.2) is 0 Å². The first kappa shape index (κ1) is 23.7. The Kier molecular flexibility index (Phi) is 9.51. The summed E-state index contributed by atoms with van der Waals surface area (Å²) in [6, 6.07) is 13.5. The van der Waals surface area contributed by atoms with Gasteiger partial charge in [0.2, 0.25) is 10.0 Å². The first-order valence-electron chi connectivity index (χ1n) is 7.98. The van der Waals surface area contributed by atoms with Gasteiger partial charge in [-0.25, -0.2) is 18.1 Å². The smallest absolute Gasteiger partial charge is 0.240 e. The van der Waals surface area contributed by atoms with Crippen molar-refractivity contribution in [3.63, 3.8) is 0 Å². The predicted molar refractivity (Wildman–Crippen MR) is 120 cm³/mol. The van der Waals surface area contributed by atoms with Crippen molar-refractivity contribution in [2.24, 2.45) is 4.99 Å². The van der Waals surface area contributed by atoms with Crippen LogP contribution < -0.4 is 9.46 Å². The maximum absolute atomic E-state index is 12.2. The molecule has 9 heteroatoms. The number of amidine groups is 1. The molecular weight excluding hydrogens is 501 g/mol. The van der Waals surface area contributed by atoms with Crippen LogP contribution in [0.4, 0.5) is 5.69 Å². The minimum atomic E-state index is -3.56. The highest BCUT2D eigenvalue weighted by atomic mass is 127. The van der Waals surface area contributed by atoms with Crippen LogP contribution in [-0.2, 0) is 10.0 Å². The number of nitrogens with one attached hydrogen (secondary N) is 1. The average Bonchev–Trinajstić information content (AvgIpc) is 2.62. The summed E-state index contributed by atoms with van der Waals surface area (Å²) in [5, 5.41) is 0.492. The normalized spacial score (nSPS) is 11.6. The lowest BCUT2D eigenvalue weighted by Gasteiger charge is -2.19. The molecule has 0 saturated heterocycles. The maximum atomic E-state index is 12.2. The molecule has 0 radical (unpaired) electrons. The first-order valence-corrected chi connectivity index (χ1v) is 9.84. The van der Waals surface area contributed by atoms with Gasteiger partial charge in [0.25, 0.3) is 0 Å². The minimum absolute atomic E-state index is 0. The highest BCUT2D eigenvalue weighted by Crippen LogP contribution is 2.26. The van der Waals surface area contributed by atoms with Crippen LogP contribution >= 0.6 is 35.6 Å². The predicted octanol–water partition coefficient (Wildman–Crippen LogP) is 3.93. The topological polar surface area (TPSA) is 71.0 Å². The van der Waals surface area contributed by atoms with Crippen molar-refractivity contribution in [3.8, 4) is 5.75 Å². The van der Waals surface area contributed by atoms with Gasteiger partial charge in [0.05, 0.1) is 12.0 Å². The third-order valence-corrected chi connectivity index (χ3v) is 5.51. The highest BCUT2D eigenvalue weighted by molar-refractivity contribution is 14.0. The monoisotopic (exact) mass is 523 g/mol. The molecule has 2 aromatic carbocycles. The molecule has 27 heavy (non-hydrogen) atoms. The van der Waals surface area contributed by atoms with E-state index in [0.29, 0.717) is 17.3 Å². The lowest BCUT2D eigenvalue weighted by molar-refractivity contribution is 0.416. The van der Waals surface area contributed by atoms with Gasteiger partial charge in [-0.05, 0) is 43.3 Å². The lowest BCUT2D eigenvalue weighted by atomic mass is 10.3. The standard InChI is InChI=1S/C18H22ClN3O3S.HI/c1-14(21-17-6-4-5-7-18(17)25-3)22(2)13-12-20-26(23,24)16-10-8-15(19)9-11-16;/h4-11,20H,12-13H2,1-3H3;1H. The molecular formula is C18H23ClIN3O3S. The largest absolute Gasteiger partial charge is 0.494 e. The zero-order valence-electron chi connectivity index (χ0n) is 15.3. The van der Waals surface area contributed by atoms with E-state index < -0.39 is 10.0 Å². The number of benzene rings is 2. The van der Waals surface area contributed by atoms with Crippen LogP contribution in [0.5, 0.6) is 5.75 Å². The Hall–Kier alpha value is -1.36. The lowest BCUT2D eigenvalue weighted by Crippen LogP contribution is -2.35. The zero-order valence-corrected chi connectivity index (χ0v) is 19.2. The van der Waals surface area contributed by atoms with E-state index in [-0.39, 0.29) is 35.4 Å². The minimum Gasteiger partial charge on any atom is -0.494 e. The molecule has 0 saturated carbocycles. The molecule has 0 aromatic heterocycles. The molecule has 0 aliphatic carbocycles. The van der Waals surface area contributed by atoms with Crippen molar-refractivity contribution in [1.29, 1.82) is 0 Å². The van der Waals surface area contributed by atoms with Gasteiger partial charge in [-0.1, -0.05) is 23.7 Å². The van der Waals surface area contributed by atoms with E-state index in [1.807, 2.05) is 43.1 Å². The van der Waals surface area contributed by atoms with E-state index in [1.165, 1.54) is 12.1 Å². The van der Waals surface area contributed by atoms with Gasteiger partial charge in [0, 0.05) is 25.2 Å². The number of hydrogen-bond acceptors (Lipinski definition) is 4. The summed E-state index contributed by atoms with van der Waals surface area (Å²) < 4.78 is 32.4. The first-order chi connectivity index (χ1) is 12.3. The SMILES string of the molecule is COc1ccccc1N=C(C)N(C)CCNS(=O)(=O)c1ccc(Cl)cc1.I. The molecule has 0 aliphatic heterocycles. The van der Waals surface area contributed by atoms with E-state index in [2.05, 4.69) is 9.71 Å². The molecule has 0 atom stereocenters. The number of likely N-dealkylation sites (N-methyl/N-ethyl adjacent to an activating group) is 1. The van der Waals surface area contributed by atoms with E-state index in [0.717, 1.165) is 11.5 Å². The van der Waals surface area contributed by atoms with E-state index in [4.69, 9.17) is 16.3 Å². The van der Waals surface area contributed by atoms with Crippen molar-refractivity contribution in [2.75, 3.05) is 27.2 Å². The van der Waals surface area contributed by atoms with Crippen molar-refractivity contribution in [1.82, 2.24) is 9.62 Å². The Labute approximate surface area is 182 Å². The van der Waals surface area contributed by atoms with Crippen LogP contribution in [-0.4, -0.2) is 46.4 Å². The Morgan fingerprint density at radius 1 is 1.19 bits per heavy atom. The number of methoxy groups -OCH3 is 1. The van der Waals surface area contributed by atoms with E-state index in [1.54, 1.807) is 19.2 Å². The summed E-state index contributed by atoms with van der Waals surface area (Å²) in [5.74, 6) is 1.43. The molecule has 2 aromatic rings. The van der Waals surface area contributed by atoms with Crippen LogP contribution in [0.2, 0.25) is 5.02 Å². The molecule has 6 nitrogen and oxygen atoms in total. The fourth-order valence-electron chi connectivity index (χ4n) is 2.19. The van der Waals surface area contributed by atoms with Crippen LogP contribution in [0, 0.1) is 0 Å². The van der Waals surface area contributed by atoms with Gasteiger partial charge >= 0.3 is 0 Å². The van der Waals surface area contributed by atoms with Gasteiger partial charge in [-0.3, -0.25) is 0 Å². The van der Waals surface area contributed by atoms with Crippen LogP contribution in [0.25, 0.3) is 0 Å². The molecule has 2 rings (SSSR count). The van der Waals surface area contributed by atoms with Crippen molar-refractivity contribution in [2.45, 2.75) is 11.8 Å². The number of sulfonamides is 1. The molecule has 0 unspecified atom stereocenters. The molecule has 1 N–H and O–H groups in total. The van der Waals surface area contributed by atoms with Crippen LogP contribution in [0.3, 0.4) is 0 Å². The Morgan fingerprint density at radius 3 is 2.44 bits per heavy atom. The second kappa shape index (κ2) is 10.8. The summed E-state index contributed by atoms with van der Waals surface area (Å²) >= 11 is 5.79. The maximum Gasteiger partial charge on any atom is 0.240 e. The van der Waals surface area contributed by atoms with E-state index in [9.17, 15) is 8.42 Å². The third-order valence-electron chi connectivity index (χ3n) is 3.78. The van der Waals surface area contributed by atoms with E-state index >= 15 is 0 Å². The molecule has 148 valence electrons. The number of halogens is 2. The van der Waals surface area contributed by atoms with Gasteiger partial charge in [-0.2, -0.15) is 0 Å². The van der Waals surface area contributed by atoms with Crippen LogP contribution in [0.1, 0.15) is 6.92 Å². The molecule has 0 spiro atoms. The molecule has 0 bridgehead atoms. The number of aliphatic imine (C=N–C) groups is 1. The summed E-state index contributed by atoms with van der Waals surface area (Å²) in [5.41, 5.74) is 0.723. The molecule has 0 fully saturated rings. The number of ether oxygens (including phenoxy) is 1. The van der Waals surface area contributed by atoms with Gasteiger partial charge in [0.1, 0.15) is 17.3 Å².